The first-order valence-electron chi connectivity index (χ1n) is 9.95. The third-order valence-corrected chi connectivity index (χ3v) is 6.05. The minimum atomic E-state index is -0.691. The van der Waals surface area contributed by atoms with E-state index in [1.165, 1.54) is 6.92 Å². The summed E-state index contributed by atoms with van der Waals surface area (Å²) in [5.74, 6) is -0.753. The van der Waals surface area contributed by atoms with Gasteiger partial charge in [0.1, 0.15) is 23.9 Å². The average Bonchev–Trinajstić information content (AvgIpc) is 2.89. The molecule has 4 rings (SSSR count). The first-order chi connectivity index (χ1) is 13.2. The summed E-state index contributed by atoms with van der Waals surface area (Å²) in [4.78, 5) is 35.2. The molecule has 154 valence electrons. The van der Waals surface area contributed by atoms with Crippen molar-refractivity contribution in [2.45, 2.75) is 83.7 Å². The van der Waals surface area contributed by atoms with Crippen molar-refractivity contribution in [3.8, 4) is 0 Å². The number of carbonyl (C=O) groups excluding carboxylic acids is 2. The second kappa shape index (κ2) is 8.21. The van der Waals surface area contributed by atoms with E-state index in [-0.39, 0.29) is 30.1 Å². The molecule has 0 spiro atoms. The number of hydrogen-bond donors (Lipinski definition) is 0. The molecule has 0 amide bonds. The van der Waals surface area contributed by atoms with Crippen molar-refractivity contribution in [3.05, 3.63) is 35.5 Å². The lowest BCUT2D eigenvalue weighted by atomic mass is 9.85. The molecule has 1 aliphatic carbocycles. The molecule has 3 aliphatic heterocycles. The first-order valence-corrected chi connectivity index (χ1v) is 9.95. The van der Waals surface area contributed by atoms with Crippen LogP contribution in [0.1, 0.15) is 59.8 Å². The molecule has 2 fully saturated rings. The fourth-order valence-corrected chi connectivity index (χ4v) is 4.11. The van der Waals surface area contributed by atoms with Gasteiger partial charge >= 0.3 is 11.9 Å². The standard InChI is InChI=1S/C22H30O6/c1-13-6-9-20(25-16(4)23)22(5)11-10-18(27-28-22)14(2)7-8-17-15(3)21(24)26-19(17)12-13/h7,12,17-20H,3,6,8-11H2,1-2,4-5H3/b13-12+,14-7-/t17-,18-,19-,20-,22+/m1/s1. The predicted molar refractivity (Wildman–Crippen MR) is 103 cm³/mol. The second-order valence-corrected chi connectivity index (χ2v) is 8.35. The monoisotopic (exact) mass is 390 g/mol. The molecule has 28 heavy (non-hydrogen) atoms. The molecule has 6 nitrogen and oxygen atoms in total. The third kappa shape index (κ3) is 4.39. The van der Waals surface area contributed by atoms with Crippen molar-refractivity contribution in [1.82, 2.24) is 0 Å². The molecule has 6 heteroatoms. The van der Waals surface area contributed by atoms with Crippen LogP contribution in [0, 0.1) is 5.92 Å². The van der Waals surface area contributed by atoms with Gasteiger partial charge in [-0.25, -0.2) is 14.6 Å². The van der Waals surface area contributed by atoms with Crippen LogP contribution in [0.15, 0.2) is 35.5 Å². The van der Waals surface area contributed by atoms with Gasteiger partial charge in [0.2, 0.25) is 0 Å². The Morgan fingerprint density at radius 2 is 2.07 bits per heavy atom. The van der Waals surface area contributed by atoms with Gasteiger partial charge < -0.3 is 9.47 Å². The summed E-state index contributed by atoms with van der Waals surface area (Å²) in [7, 11) is 0. The number of carbonyl (C=O) groups is 2. The van der Waals surface area contributed by atoms with Crippen LogP contribution in [0.4, 0.5) is 0 Å². The van der Waals surface area contributed by atoms with Crippen LogP contribution < -0.4 is 0 Å². The van der Waals surface area contributed by atoms with Crippen LogP contribution in [0.5, 0.6) is 0 Å². The Balaban J connectivity index is 1.91. The lowest BCUT2D eigenvalue weighted by molar-refractivity contribution is -0.412. The molecular formula is C22H30O6. The molecule has 0 aromatic rings. The summed E-state index contributed by atoms with van der Waals surface area (Å²) >= 11 is 0. The number of allylic oxidation sites excluding steroid dienone is 2. The van der Waals surface area contributed by atoms with E-state index < -0.39 is 11.7 Å². The summed E-state index contributed by atoms with van der Waals surface area (Å²) in [6.07, 6.45) is 6.66. The number of hydrogen-bond acceptors (Lipinski definition) is 6. The lowest BCUT2D eigenvalue weighted by Crippen LogP contribution is -2.49. The minimum absolute atomic E-state index is 0.0839. The van der Waals surface area contributed by atoms with Gasteiger partial charge in [-0.3, -0.25) is 4.79 Å². The Bertz CT molecular complexity index is 711. The van der Waals surface area contributed by atoms with Crippen molar-refractivity contribution in [3.63, 3.8) is 0 Å². The topological polar surface area (TPSA) is 71.1 Å². The van der Waals surface area contributed by atoms with Gasteiger partial charge in [-0.2, -0.15) is 0 Å². The molecule has 0 radical (unpaired) electrons. The molecule has 0 aromatic heterocycles. The second-order valence-electron chi connectivity index (χ2n) is 8.35. The Morgan fingerprint density at radius 3 is 2.71 bits per heavy atom. The van der Waals surface area contributed by atoms with Crippen LogP contribution in [-0.4, -0.2) is 35.9 Å². The van der Waals surface area contributed by atoms with Crippen molar-refractivity contribution >= 4 is 11.9 Å². The largest absolute Gasteiger partial charge is 0.459 e. The lowest BCUT2D eigenvalue weighted by Gasteiger charge is -2.41. The van der Waals surface area contributed by atoms with Crippen LogP contribution >= 0.6 is 0 Å². The van der Waals surface area contributed by atoms with Crippen molar-refractivity contribution in [2.75, 3.05) is 0 Å². The van der Waals surface area contributed by atoms with E-state index in [1.54, 1.807) is 0 Å². The van der Waals surface area contributed by atoms with Gasteiger partial charge in [-0.15, -0.1) is 0 Å². The van der Waals surface area contributed by atoms with E-state index in [1.807, 2.05) is 26.8 Å². The Morgan fingerprint density at radius 1 is 1.32 bits per heavy atom. The molecule has 3 heterocycles. The molecule has 2 bridgehead atoms. The summed E-state index contributed by atoms with van der Waals surface area (Å²) in [5.41, 5.74) is 1.94. The van der Waals surface area contributed by atoms with Crippen molar-refractivity contribution in [2.24, 2.45) is 5.92 Å². The van der Waals surface area contributed by atoms with Crippen molar-refractivity contribution in [1.29, 1.82) is 0 Å². The summed E-state index contributed by atoms with van der Waals surface area (Å²) in [6, 6.07) is 0. The zero-order valence-electron chi connectivity index (χ0n) is 17.2. The van der Waals surface area contributed by atoms with E-state index in [0.717, 1.165) is 24.0 Å². The average molecular weight is 390 g/mol. The highest BCUT2D eigenvalue weighted by Crippen LogP contribution is 2.38. The fraction of sp³-hybridized carbons (Fsp3) is 0.636. The molecule has 0 N–H and O–H groups in total. The Labute approximate surface area is 166 Å². The highest BCUT2D eigenvalue weighted by atomic mass is 17.2. The van der Waals surface area contributed by atoms with Gasteiger partial charge in [0.25, 0.3) is 0 Å². The van der Waals surface area contributed by atoms with E-state index in [4.69, 9.17) is 19.2 Å². The first kappa shape index (κ1) is 20.8. The van der Waals surface area contributed by atoms with E-state index in [2.05, 4.69) is 12.7 Å². The van der Waals surface area contributed by atoms with Gasteiger partial charge in [0.05, 0.1) is 0 Å². The van der Waals surface area contributed by atoms with Crippen LogP contribution in [0.25, 0.3) is 0 Å². The minimum Gasteiger partial charge on any atom is -0.459 e. The van der Waals surface area contributed by atoms with E-state index in [0.29, 0.717) is 24.8 Å². The normalized spacial score (nSPS) is 40.4. The van der Waals surface area contributed by atoms with E-state index in [9.17, 15) is 9.59 Å². The maximum absolute atomic E-state index is 12.0. The van der Waals surface area contributed by atoms with Gasteiger partial charge in [0.15, 0.2) is 0 Å². The van der Waals surface area contributed by atoms with Gasteiger partial charge in [-0.05, 0) is 64.5 Å². The van der Waals surface area contributed by atoms with Crippen LogP contribution in [0.2, 0.25) is 0 Å². The summed E-state index contributed by atoms with van der Waals surface area (Å²) < 4.78 is 11.1. The zero-order valence-corrected chi connectivity index (χ0v) is 17.2. The fourth-order valence-electron chi connectivity index (χ4n) is 4.11. The van der Waals surface area contributed by atoms with Gasteiger partial charge in [0, 0.05) is 18.4 Å². The smallest absolute Gasteiger partial charge is 0.334 e. The molecule has 2 saturated heterocycles. The number of ether oxygens (including phenoxy) is 2. The number of esters is 2. The third-order valence-electron chi connectivity index (χ3n) is 6.05. The molecule has 0 aromatic carbocycles. The highest BCUT2D eigenvalue weighted by Gasteiger charge is 2.44. The summed E-state index contributed by atoms with van der Waals surface area (Å²) in [5, 5.41) is 0. The highest BCUT2D eigenvalue weighted by molar-refractivity contribution is 5.91. The maximum atomic E-state index is 12.0. The number of rotatable bonds is 1. The van der Waals surface area contributed by atoms with E-state index >= 15 is 0 Å². The Kier molecular flexibility index (Phi) is 6.10. The molecule has 0 unspecified atom stereocenters. The molecule has 4 aliphatic rings. The zero-order chi connectivity index (χ0) is 20.5. The quantitative estimate of drug-likeness (QED) is 0.292. The van der Waals surface area contributed by atoms with Gasteiger partial charge in [-0.1, -0.05) is 18.2 Å². The number of fused-ring (bicyclic) bond motifs is 6. The predicted octanol–water partition coefficient (Wildman–Crippen LogP) is 3.96. The molecule has 0 saturated carbocycles. The molecule has 5 atom stereocenters. The van der Waals surface area contributed by atoms with Crippen LogP contribution in [-0.2, 0) is 28.8 Å². The summed E-state index contributed by atoms with van der Waals surface area (Å²) in [6.45, 7) is 11.3. The molecular weight excluding hydrogens is 360 g/mol. The Hall–Kier alpha value is -1.92. The van der Waals surface area contributed by atoms with Crippen molar-refractivity contribution < 1.29 is 28.8 Å². The SMILES string of the molecule is C=C1C(=O)O[C@@H]2/C=C(\C)CC[C@@H](OC(C)=O)[C@]3(C)CC[C@@H](OO3)/C(C)=C\C[C@H]12. The maximum Gasteiger partial charge on any atom is 0.334 e. The van der Waals surface area contributed by atoms with Crippen LogP contribution in [0.3, 0.4) is 0 Å².